The Morgan fingerprint density at radius 3 is 2.53 bits per heavy atom. The van der Waals surface area contributed by atoms with Gasteiger partial charge in [-0.1, -0.05) is 6.92 Å². The highest BCUT2D eigenvalue weighted by molar-refractivity contribution is 5.78. The Morgan fingerprint density at radius 2 is 2.12 bits per heavy atom. The van der Waals surface area contributed by atoms with E-state index in [1.54, 1.807) is 0 Å². The maximum atomic E-state index is 11.9. The Morgan fingerprint density at radius 1 is 1.53 bits per heavy atom. The van der Waals surface area contributed by atoms with E-state index >= 15 is 0 Å². The number of hydrogen-bond donors (Lipinski definition) is 2. The standard InChI is InChI=1S/C13H27N3O/c1-5-13(2,3)15-12(17)9-16(4)11(8-14)10-6-7-10/h10-11H,5-9,14H2,1-4H3,(H,15,17). The Bertz CT molecular complexity index is 261. The first-order valence-corrected chi connectivity index (χ1v) is 6.61. The van der Waals surface area contributed by atoms with Crippen LogP contribution in [0.25, 0.3) is 0 Å². The summed E-state index contributed by atoms with van der Waals surface area (Å²) in [4.78, 5) is 14.0. The molecule has 0 aliphatic heterocycles. The zero-order valence-electron chi connectivity index (χ0n) is 11.6. The van der Waals surface area contributed by atoms with Crippen molar-refractivity contribution in [2.75, 3.05) is 20.1 Å². The van der Waals surface area contributed by atoms with Crippen molar-refractivity contribution in [2.45, 2.75) is 51.6 Å². The average molecular weight is 241 g/mol. The molecule has 1 unspecified atom stereocenters. The number of carbonyl (C=O) groups is 1. The number of likely N-dealkylation sites (N-methyl/N-ethyl adjacent to an activating group) is 1. The predicted octanol–water partition coefficient (Wildman–Crippen LogP) is 0.960. The van der Waals surface area contributed by atoms with Gasteiger partial charge in [0.15, 0.2) is 0 Å². The van der Waals surface area contributed by atoms with Crippen LogP contribution in [0.3, 0.4) is 0 Å². The fraction of sp³-hybridized carbons (Fsp3) is 0.923. The van der Waals surface area contributed by atoms with E-state index in [1.165, 1.54) is 12.8 Å². The lowest BCUT2D eigenvalue weighted by molar-refractivity contribution is -0.124. The molecule has 0 aromatic heterocycles. The molecule has 0 saturated heterocycles. The second kappa shape index (κ2) is 5.83. The summed E-state index contributed by atoms with van der Waals surface area (Å²) in [7, 11) is 1.99. The fourth-order valence-electron chi connectivity index (χ4n) is 2.06. The molecule has 17 heavy (non-hydrogen) atoms. The van der Waals surface area contributed by atoms with Crippen molar-refractivity contribution in [3.05, 3.63) is 0 Å². The van der Waals surface area contributed by atoms with Gasteiger partial charge in [0, 0.05) is 18.1 Å². The second-order valence-corrected chi connectivity index (χ2v) is 5.84. The third kappa shape index (κ3) is 4.64. The number of nitrogens with two attached hydrogens (primary N) is 1. The van der Waals surface area contributed by atoms with Crippen LogP contribution in [-0.2, 0) is 4.79 Å². The minimum Gasteiger partial charge on any atom is -0.350 e. The van der Waals surface area contributed by atoms with E-state index in [4.69, 9.17) is 5.73 Å². The molecule has 1 aliphatic rings. The van der Waals surface area contributed by atoms with Crippen molar-refractivity contribution < 1.29 is 4.79 Å². The maximum Gasteiger partial charge on any atom is 0.234 e. The number of hydrogen-bond acceptors (Lipinski definition) is 3. The van der Waals surface area contributed by atoms with Crippen LogP contribution in [0.15, 0.2) is 0 Å². The molecule has 1 atom stereocenters. The zero-order valence-corrected chi connectivity index (χ0v) is 11.6. The van der Waals surface area contributed by atoms with E-state index in [1.807, 2.05) is 20.9 Å². The molecule has 0 aromatic carbocycles. The fourth-order valence-corrected chi connectivity index (χ4v) is 2.06. The van der Waals surface area contributed by atoms with Crippen molar-refractivity contribution in [2.24, 2.45) is 11.7 Å². The Kier molecular flexibility index (Phi) is 4.95. The smallest absolute Gasteiger partial charge is 0.234 e. The molecule has 0 aromatic rings. The third-order valence-electron chi connectivity index (χ3n) is 3.73. The van der Waals surface area contributed by atoms with Gasteiger partial charge in [-0.2, -0.15) is 0 Å². The van der Waals surface area contributed by atoms with Crippen LogP contribution in [0.5, 0.6) is 0 Å². The van der Waals surface area contributed by atoms with Crippen molar-refractivity contribution in [1.29, 1.82) is 0 Å². The molecule has 3 N–H and O–H groups in total. The van der Waals surface area contributed by atoms with Gasteiger partial charge < -0.3 is 11.1 Å². The first-order chi connectivity index (χ1) is 7.89. The summed E-state index contributed by atoms with van der Waals surface area (Å²) >= 11 is 0. The summed E-state index contributed by atoms with van der Waals surface area (Å²) in [5.74, 6) is 0.801. The van der Waals surface area contributed by atoms with Gasteiger partial charge in [0.1, 0.15) is 0 Å². The highest BCUT2D eigenvalue weighted by Gasteiger charge is 2.33. The largest absolute Gasteiger partial charge is 0.350 e. The van der Waals surface area contributed by atoms with Crippen LogP contribution in [0, 0.1) is 5.92 Å². The van der Waals surface area contributed by atoms with Crippen LogP contribution in [0.2, 0.25) is 0 Å². The quantitative estimate of drug-likeness (QED) is 0.698. The van der Waals surface area contributed by atoms with Gasteiger partial charge in [-0.15, -0.1) is 0 Å². The molecule has 4 nitrogen and oxygen atoms in total. The summed E-state index contributed by atoms with van der Waals surface area (Å²) in [5.41, 5.74) is 5.66. The van der Waals surface area contributed by atoms with Gasteiger partial charge >= 0.3 is 0 Å². The molecular formula is C13H27N3O. The van der Waals surface area contributed by atoms with Gasteiger partial charge in [-0.25, -0.2) is 0 Å². The number of rotatable bonds is 7. The molecule has 1 rings (SSSR count). The van der Waals surface area contributed by atoms with E-state index in [0.717, 1.165) is 6.42 Å². The summed E-state index contributed by atoms with van der Waals surface area (Å²) in [6, 6.07) is 0.366. The molecule has 4 heteroatoms. The number of nitrogens with zero attached hydrogens (tertiary/aromatic N) is 1. The first-order valence-electron chi connectivity index (χ1n) is 6.61. The van der Waals surface area contributed by atoms with Crippen molar-refractivity contribution in [1.82, 2.24) is 10.2 Å². The van der Waals surface area contributed by atoms with Crippen LogP contribution in [0.4, 0.5) is 0 Å². The molecule has 0 bridgehead atoms. The minimum absolute atomic E-state index is 0.0958. The van der Waals surface area contributed by atoms with Gasteiger partial charge in [0.05, 0.1) is 6.54 Å². The van der Waals surface area contributed by atoms with Gasteiger partial charge in [-0.05, 0) is 46.1 Å². The average Bonchev–Trinajstić information content (AvgIpc) is 3.02. The van der Waals surface area contributed by atoms with E-state index in [-0.39, 0.29) is 11.4 Å². The maximum absolute atomic E-state index is 11.9. The van der Waals surface area contributed by atoms with E-state index in [9.17, 15) is 4.79 Å². The molecule has 0 radical (unpaired) electrons. The summed E-state index contributed by atoms with van der Waals surface area (Å²) in [6.45, 7) is 7.27. The van der Waals surface area contributed by atoms with Crippen LogP contribution >= 0.6 is 0 Å². The molecule has 1 saturated carbocycles. The van der Waals surface area contributed by atoms with Gasteiger partial charge in [-0.3, -0.25) is 9.69 Å². The third-order valence-corrected chi connectivity index (χ3v) is 3.73. The molecule has 100 valence electrons. The Labute approximate surface area is 105 Å². The Hall–Kier alpha value is -0.610. The highest BCUT2D eigenvalue weighted by atomic mass is 16.2. The van der Waals surface area contributed by atoms with Gasteiger partial charge in [0.2, 0.25) is 5.91 Å². The lowest BCUT2D eigenvalue weighted by Gasteiger charge is -2.29. The molecule has 0 heterocycles. The molecule has 1 fully saturated rings. The SMILES string of the molecule is CCC(C)(C)NC(=O)CN(C)C(CN)C1CC1. The molecular weight excluding hydrogens is 214 g/mol. The first kappa shape index (κ1) is 14.5. The molecule has 0 spiro atoms. The van der Waals surface area contributed by atoms with Crippen LogP contribution in [-0.4, -0.2) is 42.5 Å². The number of carbonyl (C=O) groups excluding carboxylic acids is 1. The van der Waals surface area contributed by atoms with E-state index in [2.05, 4.69) is 17.1 Å². The summed E-state index contributed by atoms with van der Waals surface area (Å²) < 4.78 is 0. The van der Waals surface area contributed by atoms with Crippen molar-refractivity contribution in [3.8, 4) is 0 Å². The normalized spacial score (nSPS) is 18.2. The number of nitrogens with one attached hydrogen (secondary N) is 1. The highest BCUT2D eigenvalue weighted by Crippen LogP contribution is 2.34. The van der Waals surface area contributed by atoms with Gasteiger partial charge in [0.25, 0.3) is 0 Å². The van der Waals surface area contributed by atoms with Crippen LogP contribution < -0.4 is 11.1 Å². The topological polar surface area (TPSA) is 58.4 Å². The van der Waals surface area contributed by atoms with E-state index < -0.39 is 0 Å². The minimum atomic E-state index is -0.115. The summed E-state index contributed by atoms with van der Waals surface area (Å²) in [5, 5.41) is 3.05. The van der Waals surface area contributed by atoms with Crippen molar-refractivity contribution in [3.63, 3.8) is 0 Å². The monoisotopic (exact) mass is 241 g/mol. The lowest BCUT2D eigenvalue weighted by Crippen LogP contribution is -2.50. The summed E-state index contributed by atoms with van der Waals surface area (Å²) in [6.07, 6.45) is 3.45. The second-order valence-electron chi connectivity index (χ2n) is 5.84. The van der Waals surface area contributed by atoms with Crippen LogP contribution in [0.1, 0.15) is 40.0 Å². The lowest BCUT2D eigenvalue weighted by atomic mass is 10.0. The number of amides is 1. The zero-order chi connectivity index (χ0) is 13.1. The molecule has 1 aliphatic carbocycles. The predicted molar refractivity (Wildman–Crippen MR) is 70.7 cm³/mol. The van der Waals surface area contributed by atoms with E-state index in [0.29, 0.717) is 25.0 Å². The molecule has 1 amide bonds. The Balaban J connectivity index is 2.39. The van der Waals surface area contributed by atoms with Crippen molar-refractivity contribution >= 4 is 5.91 Å².